The van der Waals surface area contributed by atoms with Gasteiger partial charge in [0, 0.05) is 23.6 Å². The lowest BCUT2D eigenvalue weighted by Crippen LogP contribution is -2.61. The lowest BCUT2D eigenvalue weighted by Gasteiger charge is -2.49. The van der Waals surface area contributed by atoms with Crippen LogP contribution in [0.2, 0.25) is 0 Å². The molecule has 1 saturated carbocycles. The van der Waals surface area contributed by atoms with Gasteiger partial charge in [0.2, 0.25) is 0 Å². The molecule has 1 aromatic rings. The average molecular weight is 294 g/mol. The maximum Gasteiger partial charge on any atom is 0.269 e. The standard InChI is InChI=1S/C14H18N2O5/c1-14(2)11(7-12(14)17)15-13(18)8-21-10-5-3-9(4-6-10)16(19)20/h3-6,11-12,17H,7-8H2,1-2H3,(H,15,18). The van der Waals surface area contributed by atoms with Gasteiger partial charge in [-0.2, -0.15) is 0 Å². The van der Waals surface area contributed by atoms with Crippen LogP contribution in [-0.4, -0.2) is 34.7 Å². The minimum Gasteiger partial charge on any atom is -0.484 e. The largest absolute Gasteiger partial charge is 0.484 e. The van der Waals surface area contributed by atoms with E-state index in [1.165, 1.54) is 24.3 Å². The van der Waals surface area contributed by atoms with Crippen molar-refractivity contribution in [3.05, 3.63) is 34.4 Å². The molecule has 7 heteroatoms. The van der Waals surface area contributed by atoms with Crippen molar-refractivity contribution in [2.24, 2.45) is 5.41 Å². The molecule has 21 heavy (non-hydrogen) atoms. The molecule has 7 nitrogen and oxygen atoms in total. The Kier molecular flexibility index (Phi) is 4.13. The summed E-state index contributed by atoms with van der Waals surface area (Å²) in [5.74, 6) is 0.113. The second kappa shape index (κ2) is 5.69. The van der Waals surface area contributed by atoms with Crippen LogP contribution in [0, 0.1) is 15.5 Å². The predicted octanol–water partition coefficient (Wildman–Crippen LogP) is 1.25. The molecule has 0 bridgehead atoms. The maximum absolute atomic E-state index is 11.8. The normalized spacial score (nSPS) is 23.0. The first-order valence-electron chi connectivity index (χ1n) is 6.65. The highest BCUT2D eigenvalue weighted by Gasteiger charge is 2.47. The summed E-state index contributed by atoms with van der Waals surface area (Å²) in [4.78, 5) is 21.8. The number of aliphatic hydroxyl groups excluding tert-OH is 1. The summed E-state index contributed by atoms with van der Waals surface area (Å²) in [5, 5.41) is 22.9. The van der Waals surface area contributed by atoms with E-state index in [9.17, 15) is 20.0 Å². The third-order valence-corrected chi connectivity index (χ3v) is 3.97. The molecule has 0 saturated heterocycles. The van der Waals surface area contributed by atoms with Crippen LogP contribution in [0.1, 0.15) is 20.3 Å². The Balaban J connectivity index is 1.80. The second-order valence-electron chi connectivity index (χ2n) is 5.73. The van der Waals surface area contributed by atoms with E-state index in [0.29, 0.717) is 12.2 Å². The average Bonchev–Trinajstić information content (AvgIpc) is 2.45. The van der Waals surface area contributed by atoms with Crippen molar-refractivity contribution >= 4 is 11.6 Å². The first kappa shape index (κ1) is 15.2. The van der Waals surface area contributed by atoms with Gasteiger partial charge < -0.3 is 15.2 Å². The molecule has 1 fully saturated rings. The molecular weight excluding hydrogens is 276 g/mol. The van der Waals surface area contributed by atoms with Crippen LogP contribution < -0.4 is 10.1 Å². The summed E-state index contributed by atoms with van der Waals surface area (Å²) in [5.41, 5.74) is -0.361. The van der Waals surface area contributed by atoms with Gasteiger partial charge in [0.1, 0.15) is 5.75 Å². The molecule has 2 N–H and O–H groups in total. The van der Waals surface area contributed by atoms with Crippen molar-refractivity contribution in [2.45, 2.75) is 32.4 Å². The Hall–Kier alpha value is -2.15. The zero-order chi connectivity index (χ0) is 15.6. The number of nitro groups is 1. The molecule has 0 aliphatic heterocycles. The smallest absolute Gasteiger partial charge is 0.269 e. The lowest BCUT2D eigenvalue weighted by molar-refractivity contribution is -0.384. The number of aliphatic hydroxyl groups is 1. The molecule has 1 aromatic carbocycles. The molecule has 2 unspecified atom stereocenters. The van der Waals surface area contributed by atoms with E-state index in [0.717, 1.165) is 0 Å². The fraction of sp³-hybridized carbons (Fsp3) is 0.500. The van der Waals surface area contributed by atoms with E-state index in [4.69, 9.17) is 4.74 Å². The van der Waals surface area contributed by atoms with Gasteiger partial charge in [-0.25, -0.2) is 0 Å². The number of carbonyl (C=O) groups is 1. The van der Waals surface area contributed by atoms with Crippen LogP contribution in [-0.2, 0) is 4.79 Å². The highest BCUT2D eigenvalue weighted by molar-refractivity contribution is 5.78. The summed E-state index contributed by atoms with van der Waals surface area (Å²) in [6.45, 7) is 3.62. The third kappa shape index (κ3) is 3.30. The minimum absolute atomic E-state index is 0.0305. The Morgan fingerprint density at radius 1 is 1.48 bits per heavy atom. The van der Waals surface area contributed by atoms with Gasteiger partial charge in [0.15, 0.2) is 6.61 Å². The van der Waals surface area contributed by atoms with E-state index >= 15 is 0 Å². The molecule has 0 radical (unpaired) electrons. The Morgan fingerprint density at radius 2 is 2.10 bits per heavy atom. The zero-order valence-corrected chi connectivity index (χ0v) is 11.9. The number of carbonyl (C=O) groups excluding carboxylic acids is 1. The second-order valence-corrected chi connectivity index (χ2v) is 5.73. The van der Waals surface area contributed by atoms with E-state index in [-0.39, 0.29) is 29.7 Å². The Bertz CT molecular complexity index is 541. The number of nitro benzene ring substituents is 1. The van der Waals surface area contributed by atoms with Gasteiger partial charge in [-0.15, -0.1) is 0 Å². The summed E-state index contributed by atoms with van der Waals surface area (Å²) in [7, 11) is 0. The van der Waals surface area contributed by atoms with Crippen LogP contribution >= 0.6 is 0 Å². The third-order valence-electron chi connectivity index (χ3n) is 3.97. The quantitative estimate of drug-likeness (QED) is 0.628. The molecule has 2 rings (SSSR count). The van der Waals surface area contributed by atoms with Crippen molar-refractivity contribution in [1.29, 1.82) is 0 Å². The summed E-state index contributed by atoms with van der Waals surface area (Å²) in [6, 6.07) is 5.46. The molecule has 114 valence electrons. The van der Waals surface area contributed by atoms with Crippen LogP contribution in [0.4, 0.5) is 5.69 Å². The monoisotopic (exact) mass is 294 g/mol. The van der Waals surface area contributed by atoms with E-state index in [1.54, 1.807) is 0 Å². The van der Waals surface area contributed by atoms with E-state index in [2.05, 4.69) is 5.32 Å². The van der Waals surface area contributed by atoms with Crippen LogP contribution in [0.15, 0.2) is 24.3 Å². The number of rotatable bonds is 5. The maximum atomic E-state index is 11.8. The molecule has 0 spiro atoms. The van der Waals surface area contributed by atoms with Crippen molar-refractivity contribution in [3.8, 4) is 5.75 Å². The summed E-state index contributed by atoms with van der Waals surface area (Å²) >= 11 is 0. The van der Waals surface area contributed by atoms with Crippen LogP contribution in [0.25, 0.3) is 0 Å². The molecule has 2 atom stereocenters. The van der Waals surface area contributed by atoms with Crippen molar-refractivity contribution < 1.29 is 19.6 Å². The molecule has 1 amide bonds. The topological polar surface area (TPSA) is 102 Å². The highest BCUT2D eigenvalue weighted by Crippen LogP contribution is 2.40. The van der Waals surface area contributed by atoms with E-state index < -0.39 is 11.0 Å². The fourth-order valence-corrected chi connectivity index (χ4v) is 2.20. The Morgan fingerprint density at radius 3 is 2.57 bits per heavy atom. The summed E-state index contributed by atoms with van der Waals surface area (Å²) < 4.78 is 5.27. The van der Waals surface area contributed by atoms with Crippen molar-refractivity contribution in [2.75, 3.05) is 6.61 Å². The number of nitrogens with one attached hydrogen (secondary N) is 1. The van der Waals surface area contributed by atoms with E-state index in [1.807, 2.05) is 13.8 Å². The number of ether oxygens (including phenoxy) is 1. The SMILES string of the molecule is CC1(C)C(O)CC1NC(=O)COc1ccc([N+](=O)[O-])cc1. The number of nitrogens with zero attached hydrogens (tertiary/aromatic N) is 1. The Labute approximate surface area is 122 Å². The van der Waals surface area contributed by atoms with Crippen LogP contribution in [0.3, 0.4) is 0 Å². The van der Waals surface area contributed by atoms with Gasteiger partial charge in [-0.1, -0.05) is 13.8 Å². The van der Waals surface area contributed by atoms with Gasteiger partial charge >= 0.3 is 0 Å². The van der Waals surface area contributed by atoms with Gasteiger partial charge in [0.05, 0.1) is 11.0 Å². The highest BCUT2D eigenvalue weighted by atomic mass is 16.6. The number of non-ortho nitro benzene ring substituents is 1. The number of hydrogen-bond acceptors (Lipinski definition) is 5. The van der Waals surface area contributed by atoms with Gasteiger partial charge in [-0.05, 0) is 18.6 Å². The number of hydrogen-bond donors (Lipinski definition) is 2. The molecule has 1 aliphatic carbocycles. The summed E-state index contributed by atoms with van der Waals surface area (Å²) in [6.07, 6.45) is 0.134. The van der Waals surface area contributed by atoms with Crippen molar-refractivity contribution in [1.82, 2.24) is 5.32 Å². The molecule has 1 aliphatic rings. The van der Waals surface area contributed by atoms with Gasteiger partial charge in [-0.3, -0.25) is 14.9 Å². The molecule has 0 heterocycles. The zero-order valence-electron chi connectivity index (χ0n) is 11.9. The fourth-order valence-electron chi connectivity index (χ4n) is 2.20. The minimum atomic E-state index is -0.500. The lowest BCUT2D eigenvalue weighted by atomic mass is 9.64. The van der Waals surface area contributed by atoms with Crippen molar-refractivity contribution in [3.63, 3.8) is 0 Å². The van der Waals surface area contributed by atoms with Gasteiger partial charge in [0.25, 0.3) is 11.6 Å². The predicted molar refractivity (Wildman–Crippen MR) is 74.9 cm³/mol. The first-order valence-corrected chi connectivity index (χ1v) is 6.65. The molecular formula is C14H18N2O5. The molecule has 0 aromatic heterocycles. The number of amides is 1. The van der Waals surface area contributed by atoms with Crippen LogP contribution in [0.5, 0.6) is 5.75 Å². The number of benzene rings is 1. The first-order chi connectivity index (χ1) is 9.80.